The van der Waals surface area contributed by atoms with Gasteiger partial charge in [-0.05, 0) is 61.7 Å². The molecule has 2 amide bonds. The van der Waals surface area contributed by atoms with E-state index in [0.29, 0.717) is 29.4 Å². The summed E-state index contributed by atoms with van der Waals surface area (Å²) < 4.78 is 46.6. The number of aromatic nitrogens is 3. The van der Waals surface area contributed by atoms with Crippen LogP contribution >= 0.6 is 11.3 Å². The maximum absolute atomic E-state index is 12.5. The number of unbranched alkanes of at least 4 members (excludes halogenated alkanes) is 1. The number of nitrogens with zero attached hydrogens (tertiary/aromatic N) is 3. The molecular formula is C27H30F3N7O4S. The van der Waals surface area contributed by atoms with E-state index in [1.54, 1.807) is 24.4 Å². The third-order valence-electron chi connectivity index (χ3n) is 5.48. The number of pyridine rings is 1. The van der Waals surface area contributed by atoms with Crippen LogP contribution in [0.3, 0.4) is 0 Å². The first-order valence-electron chi connectivity index (χ1n) is 12.7. The molecule has 0 radical (unpaired) electrons. The van der Waals surface area contributed by atoms with E-state index >= 15 is 0 Å². The van der Waals surface area contributed by atoms with Crippen molar-refractivity contribution in [1.82, 2.24) is 20.5 Å². The maximum Gasteiger partial charge on any atom is 0.573 e. The zero-order chi connectivity index (χ0) is 30.5. The summed E-state index contributed by atoms with van der Waals surface area (Å²) in [5.41, 5.74) is 13.3. The number of methoxy groups -OCH3 is 1. The average molecular weight is 606 g/mol. The molecule has 6 N–H and O–H groups in total. The van der Waals surface area contributed by atoms with Gasteiger partial charge < -0.3 is 31.6 Å². The molecular weight excluding hydrogens is 575 g/mol. The molecule has 1 aromatic carbocycles. The number of allylic oxidation sites excluding steroid dienone is 3. The number of halogens is 3. The molecule has 3 rings (SSSR count). The highest BCUT2D eigenvalue weighted by atomic mass is 32.1. The van der Waals surface area contributed by atoms with Crippen LogP contribution in [0.1, 0.15) is 35.5 Å². The van der Waals surface area contributed by atoms with E-state index in [1.807, 2.05) is 6.07 Å². The molecule has 224 valence electrons. The van der Waals surface area contributed by atoms with Gasteiger partial charge in [0.2, 0.25) is 16.9 Å². The Labute approximate surface area is 243 Å². The summed E-state index contributed by atoms with van der Waals surface area (Å²) in [5.74, 6) is -1.03. The number of hydrogen-bond acceptors (Lipinski definition) is 10. The van der Waals surface area contributed by atoms with Gasteiger partial charge in [-0.25, -0.2) is 0 Å². The number of amides is 2. The number of ether oxygens (including phenoxy) is 2. The minimum absolute atomic E-state index is 0.0103. The predicted octanol–water partition coefficient (Wildman–Crippen LogP) is 3.74. The summed E-state index contributed by atoms with van der Waals surface area (Å²) in [6.45, 7) is 0. The Balaban J connectivity index is 1.40. The molecule has 2 heterocycles. The van der Waals surface area contributed by atoms with E-state index in [2.05, 4.69) is 30.6 Å². The Morgan fingerprint density at radius 1 is 1.05 bits per heavy atom. The summed E-state index contributed by atoms with van der Waals surface area (Å²) in [6.07, 6.45) is 2.35. The second-order valence-electron chi connectivity index (χ2n) is 8.86. The fraction of sp³-hybridized carbons (Fsp3) is 0.296. The number of aryl methyl sites for hydroxylation is 1. The van der Waals surface area contributed by atoms with E-state index in [4.69, 9.17) is 16.2 Å². The van der Waals surface area contributed by atoms with Gasteiger partial charge in [-0.2, -0.15) is 0 Å². The van der Waals surface area contributed by atoms with Gasteiger partial charge in [-0.1, -0.05) is 17.4 Å². The molecule has 0 spiro atoms. The van der Waals surface area contributed by atoms with Gasteiger partial charge in [0.15, 0.2) is 0 Å². The van der Waals surface area contributed by atoms with Crippen LogP contribution in [0.25, 0.3) is 0 Å². The fourth-order valence-electron chi connectivity index (χ4n) is 3.63. The van der Waals surface area contributed by atoms with Crippen LogP contribution in [-0.2, 0) is 28.9 Å². The molecule has 0 unspecified atom stereocenters. The van der Waals surface area contributed by atoms with Crippen molar-refractivity contribution in [3.8, 4) is 11.5 Å². The number of carbonyl (C=O) groups is 2. The molecule has 15 heteroatoms. The normalized spacial score (nSPS) is 12.1. The SMILES string of the molecule is COc1ccc(OC(F)(F)F)cc1CC(=O)N/C(N)=C/C=C(\N)CCCCc1nnc(NC(=O)Cc2ccccn2)s1. The van der Waals surface area contributed by atoms with Crippen LogP contribution in [0.5, 0.6) is 11.5 Å². The number of carbonyl (C=O) groups excluding carboxylic acids is 2. The second kappa shape index (κ2) is 15.4. The predicted molar refractivity (Wildman–Crippen MR) is 150 cm³/mol. The van der Waals surface area contributed by atoms with Crippen molar-refractivity contribution >= 4 is 28.3 Å². The smallest absolute Gasteiger partial charge is 0.496 e. The zero-order valence-corrected chi connectivity index (χ0v) is 23.4. The number of hydrogen-bond donors (Lipinski definition) is 4. The number of rotatable bonds is 14. The Hall–Kier alpha value is -4.66. The van der Waals surface area contributed by atoms with E-state index in [-0.39, 0.29) is 35.9 Å². The monoisotopic (exact) mass is 605 g/mol. The number of benzene rings is 1. The number of nitrogens with one attached hydrogen (secondary N) is 2. The molecule has 0 fully saturated rings. The maximum atomic E-state index is 12.5. The molecule has 3 aromatic rings. The molecule has 0 aliphatic carbocycles. The Bertz CT molecular complexity index is 1410. The van der Waals surface area contributed by atoms with Gasteiger partial charge in [0, 0.05) is 29.6 Å². The zero-order valence-electron chi connectivity index (χ0n) is 22.6. The largest absolute Gasteiger partial charge is 0.573 e. The number of alkyl halides is 3. The highest BCUT2D eigenvalue weighted by Gasteiger charge is 2.31. The van der Waals surface area contributed by atoms with Crippen molar-refractivity contribution < 1.29 is 32.2 Å². The van der Waals surface area contributed by atoms with Crippen LogP contribution in [-0.4, -0.2) is 40.5 Å². The lowest BCUT2D eigenvalue weighted by Crippen LogP contribution is -2.28. The lowest BCUT2D eigenvalue weighted by molar-refractivity contribution is -0.274. The number of nitrogens with two attached hydrogens (primary N) is 2. The van der Waals surface area contributed by atoms with Crippen molar-refractivity contribution in [2.24, 2.45) is 11.5 Å². The first kappa shape index (κ1) is 31.9. The Morgan fingerprint density at radius 2 is 1.86 bits per heavy atom. The minimum atomic E-state index is -4.87. The van der Waals surface area contributed by atoms with Crippen molar-refractivity contribution in [2.45, 2.75) is 44.9 Å². The molecule has 0 saturated carbocycles. The lowest BCUT2D eigenvalue weighted by atomic mass is 10.1. The quantitative estimate of drug-likeness (QED) is 0.158. The Kier molecular flexibility index (Phi) is 11.7. The molecule has 0 atom stereocenters. The average Bonchev–Trinajstić information content (AvgIpc) is 3.36. The van der Waals surface area contributed by atoms with Crippen LogP contribution in [0.2, 0.25) is 0 Å². The molecule has 11 nitrogen and oxygen atoms in total. The topological polar surface area (TPSA) is 167 Å². The molecule has 0 aliphatic heterocycles. The van der Waals surface area contributed by atoms with Crippen molar-refractivity contribution in [3.05, 3.63) is 82.5 Å². The lowest BCUT2D eigenvalue weighted by Gasteiger charge is -2.13. The standard InChI is InChI=1S/C27H30F3N7O4S/c1-40-21-11-10-20(41-27(28,29)30)14-17(21)15-23(38)34-22(32)12-9-18(31)6-2-3-8-25-36-37-26(42-25)35-24(39)16-19-7-4-5-13-33-19/h4-5,7,9-14H,2-3,6,8,15-16,31-32H2,1H3,(H,34,38)(H,35,37,39)/b18-9-,22-12+. The molecule has 0 aliphatic rings. The highest BCUT2D eigenvalue weighted by Crippen LogP contribution is 2.28. The van der Waals surface area contributed by atoms with Gasteiger partial charge in [0.05, 0.1) is 20.0 Å². The summed E-state index contributed by atoms with van der Waals surface area (Å²) in [7, 11) is 1.33. The van der Waals surface area contributed by atoms with Gasteiger partial charge >= 0.3 is 6.36 Å². The fourth-order valence-corrected chi connectivity index (χ4v) is 4.43. The Morgan fingerprint density at radius 3 is 2.57 bits per heavy atom. The molecule has 2 aromatic heterocycles. The van der Waals surface area contributed by atoms with Crippen LogP contribution in [0.15, 0.2) is 66.3 Å². The summed E-state index contributed by atoms with van der Waals surface area (Å²) >= 11 is 1.30. The van der Waals surface area contributed by atoms with E-state index in [0.717, 1.165) is 30.0 Å². The third-order valence-corrected chi connectivity index (χ3v) is 6.38. The van der Waals surface area contributed by atoms with Gasteiger partial charge in [0.1, 0.15) is 22.3 Å². The third kappa shape index (κ3) is 11.4. The van der Waals surface area contributed by atoms with E-state index in [9.17, 15) is 22.8 Å². The summed E-state index contributed by atoms with van der Waals surface area (Å²) in [6, 6.07) is 8.81. The molecule has 0 bridgehead atoms. The second-order valence-corrected chi connectivity index (χ2v) is 9.93. The van der Waals surface area contributed by atoms with Crippen LogP contribution in [0.4, 0.5) is 18.3 Å². The first-order chi connectivity index (χ1) is 20.0. The minimum Gasteiger partial charge on any atom is -0.496 e. The van der Waals surface area contributed by atoms with Crippen molar-refractivity contribution in [2.75, 3.05) is 12.4 Å². The summed E-state index contributed by atoms with van der Waals surface area (Å²) in [5, 5.41) is 14.5. The van der Waals surface area contributed by atoms with Gasteiger partial charge in [-0.3, -0.25) is 14.6 Å². The number of anilines is 1. The van der Waals surface area contributed by atoms with E-state index < -0.39 is 18.0 Å². The first-order valence-corrected chi connectivity index (χ1v) is 13.5. The summed E-state index contributed by atoms with van der Waals surface area (Å²) in [4.78, 5) is 28.6. The van der Waals surface area contributed by atoms with E-state index in [1.165, 1.54) is 30.6 Å². The highest BCUT2D eigenvalue weighted by molar-refractivity contribution is 7.15. The van der Waals surface area contributed by atoms with Crippen LogP contribution < -0.4 is 31.6 Å². The molecule has 0 saturated heterocycles. The van der Waals surface area contributed by atoms with Crippen molar-refractivity contribution in [1.29, 1.82) is 0 Å². The van der Waals surface area contributed by atoms with Gasteiger partial charge in [0.25, 0.3) is 0 Å². The van der Waals surface area contributed by atoms with Crippen molar-refractivity contribution in [3.63, 3.8) is 0 Å². The van der Waals surface area contributed by atoms with Crippen LogP contribution in [0, 0.1) is 0 Å². The van der Waals surface area contributed by atoms with Gasteiger partial charge in [-0.15, -0.1) is 23.4 Å². The molecule has 42 heavy (non-hydrogen) atoms.